The summed E-state index contributed by atoms with van der Waals surface area (Å²) in [4.78, 5) is 29.3. The molecular formula is C24H23NO2. The summed E-state index contributed by atoms with van der Waals surface area (Å²) >= 11 is 0. The van der Waals surface area contributed by atoms with Crippen molar-refractivity contribution >= 4 is 11.6 Å². The molecule has 1 N–H and O–H groups in total. The number of nitrogens with one attached hydrogen (secondary N) is 1. The highest BCUT2D eigenvalue weighted by molar-refractivity contribution is 6.05. The number of aromatic amines is 1. The maximum absolute atomic E-state index is 13.0. The van der Waals surface area contributed by atoms with Crippen molar-refractivity contribution in [2.24, 2.45) is 5.41 Å². The molecule has 0 bridgehead atoms. The molecule has 3 heteroatoms. The fraction of sp³-hybridized carbons (Fsp3) is 0.250. The lowest BCUT2D eigenvalue weighted by Gasteiger charge is -2.28. The fourth-order valence-electron chi connectivity index (χ4n) is 4.04. The van der Waals surface area contributed by atoms with Gasteiger partial charge < -0.3 is 4.98 Å². The van der Waals surface area contributed by atoms with Gasteiger partial charge in [0.15, 0.2) is 11.6 Å². The van der Waals surface area contributed by atoms with Gasteiger partial charge in [0.05, 0.1) is 5.69 Å². The molecule has 1 aliphatic carbocycles. The van der Waals surface area contributed by atoms with Crippen molar-refractivity contribution in [1.82, 2.24) is 4.98 Å². The van der Waals surface area contributed by atoms with Crippen LogP contribution in [0.1, 0.15) is 52.2 Å². The van der Waals surface area contributed by atoms with Crippen LogP contribution in [0.4, 0.5) is 0 Å². The van der Waals surface area contributed by atoms with E-state index in [0.29, 0.717) is 12.0 Å². The van der Waals surface area contributed by atoms with Crippen molar-refractivity contribution in [3.63, 3.8) is 0 Å². The lowest BCUT2D eigenvalue weighted by molar-refractivity contribution is 0.0911. The summed E-state index contributed by atoms with van der Waals surface area (Å²) in [5, 5.41) is 0. The molecule has 3 nitrogen and oxygen atoms in total. The number of rotatable bonds is 4. The van der Waals surface area contributed by atoms with E-state index in [-0.39, 0.29) is 23.4 Å². The zero-order valence-electron chi connectivity index (χ0n) is 15.7. The second-order valence-electron chi connectivity index (χ2n) is 8.11. The van der Waals surface area contributed by atoms with Crippen LogP contribution in [0.2, 0.25) is 0 Å². The Morgan fingerprint density at radius 2 is 1.59 bits per heavy atom. The first-order valence-corrected chi connectivity index (χ1v) is 9.35. The van der Waals surface area contributed by atoms with Gasteiger partial charge in [0.25, 0.3) is 0 Å². The molecule has 0 unspecified atom stereocenters. The van der Waals surface area contributed by atoms with Gasteiger partial charge in [0.2, 0.25) is 0 Å². The third-order valence-electron chi connectivity index (χ3n) is 5.25. The summed E-state index contributed by atoms with van der Waals surface area (Å²) in [5.41, 5.74) is 5.05. The van der Waals surface area contributed by atoms with E-state index < -0.39 is 0 Å². The number of hydrogen-bond acceptors (Lipinski definition) is 2. The molecule has 27 heavy (non-hydrogen) atoms. The molecule has 1 aromatic heterocycles. The lowest BCUT2D eigenvalue weighted by atomic mass is 9.75. The molecule has 0 atom stereocenters. The first-order chi connectivity index (χ1) is 12.9. The average molecular weight is 357 g/mol. The topological polar surface area (TPSA) is 49.9 Å². The zero-order valence-corrected chi connectivity index (χ0v) is 15.7. The fourth-order valence-corrected chi connectivity index (χ4v) is 4.04. The maximum atomic E-state index is 13.0. The minimum atomic E-state index is -0.0659. The number of aromatic nitrogens is 1. The standard InChI is InChI=1S/C24H23NO2/c1-24(2)14-19-22(21(27)15-24)18(13-20(26)16-9-5-3-6-10-16)23(25-19)17-11-7-4-8-12-17/h3-12,25H,13-15H2,1-2H3. The molecule has 0 fully saturated rings. The van der Waals surface area contributed by atoms with E-state index in [1.165, 1.54) is 0 Å². The molecule has 3 aromatic rings. The van der Waals surface area contributed by atoms with Gasteiger partial charge in [-0.1, -0.05) is 74.5 Å². The predicted molar refractivity (Wildman–Crippen MR) is 107 cm³/mol. The number of Topliss-reactive ketones (excluding diaryl/α,β-unsaturated/α-hetero) is 2. The Bertz CT molecular complexity index is 998. The Morgan fingerprint density at radius 3 is 2.26 bits per heavy atom. The Morgan fingerprint density at radius 1 is 0.963 bits per heavy atom. The van der Waals surface area contributed by atoms with Crippen LogP contribution in [0.25, 0.3) is 11.3 Å². The SMILES string of the molecule is CC1(C)CC(=O)c2c([nH]c(-c3ccccc3)c2CC(=O)c2ccccc2)C1. The number of hydrogen-bond donors (Lipinski definition) is 1. The predicted octanol–water partition coefficient (Wildman–Crippen LogP) is 5.26. The Labute approximate surface area is 159 Å². The van der Waals surface area contributed by atoms with Gasteiger partial charge in [-0.05, 0) is 23.0 Å². The highest BCUT2D eigenvalue weighted by Gasteiger charge is 2.35. The van der Waals surface area contributed by atoms with Crippen LogP contribution in [-0.4, -0.2) is 16.6 Å². The quantitative estimate of drug-likeness (QED) is 0.647. The second-order valence-corrected chi connectivity index (χ2v) is 8.11. The van der Waals surface area contributed by atoms with Crippen LogP contribution < -0.4 is 0 Å². The highest BCUT2D eigenvalue weighted by atomic mass is 16.1. The van der Waals surface area contributed by atoms with Crippen LogP contribution in [-0.2, 0) is 12.8 Å². The molecule has 4 rings (SSSR count). The van der Waals surface area contributed by atoms with Crippen molar-refractivity contribution < 1.29 is 9.59 Å². The van der Waals surface area contributed by atoms with Crippen LogP contribution in [0.3, 0.4) is 0 Å². The van der Waals surface area contributed by atoms with Crippen molar-refractivity contribution in [3.05, 3.63) is 83.0 Å². The Hall–Kier alpha value is -2.94. The van der Waals surface area contributed by atoms with E-state index in [9.17, 15) is 9.59 Å². The summed E-state index contributed by atoms with van der Waals surface area (Å²) in [5.74, 6) is 0.169. The summed E-state index contributed by atoms with van der Waals surface area (Å²) in [6.07, 6.45) is 1.55. The minimum Gasteiger partial charge on any atom is -0.358 e. The van der Waals surface area contributed by atoms with Gasteiger partial charge in [-0.15, -0.1) is 0 Å². The molecule has 1 aliphatic rings. The molecule has 136 valence electrons. The van der Waals surface area contributed by atoms with Crippen LogP contribution >= 0.6 is 0 Å². The Kier molecular flexibility index (Phi) is 4.31. The summed E-state index contributed by atoms with van der Waals surface area (Å²) in [6.45, 7) is 4.23. The largest absolute Gasteiger partial charge is 0.358 e. The number of fused-ring (bicyclic) bond motifs is 1. The van der Waals surface area contributed by atoms with E-state index in [1.54, 1.807) is 0 Å². The number of ketones is 2. The van der Waals surface area contributed by atoms with Gasteiger partial charge in [0.1, 0.15) is 0 Å². The first kappa shape index (κ1) is 17.5. The monoisotopic (exact) mass is 357 g/mol. The molecule has 0 saturated heterocycles. The van der Waals surface area contributed by atoms with E-state index in [0.717, 1.165) is 34.5 Å². The molecule has 0 aliphatic heterocycles. The normalized spacial score (nSPS) is 15.4. The van der Waals surface area contributed by atoms with Gasteiger partial charge in [-0.3, -0.25) is 9.59 Å². The van der Waals surface area contributed by atoms with E-state index in [2.05, 4.69) is 18.8 Å². The van der Waals surface area contributed by atoms with Crippen molar-refractivity contribution in [3.8, 4) is 11.3 Å². The van der Waals surface area contributed by atoms with Gasteiger partial charge in [0, 0.05) is 29.7 Å². The average Bonchev–Trinajstić information content (AvgIpc) is 3.00. The van der Waals surface area contributed by atoms with E-state index in [4.69, 9.17) is 0 Å². The maximum Gasteiger partial charge on any atom is 0.167 e. The molecule has 0 radical (unpaired) electrons. The summed E-state index contributed by atoms with van der Waals surface area (Å²) in [7, 11) is 0. The van der Waals surface area contributed by atoms with Gasteiger partial charge >= 0.3 is 0 Å². The van der Waals surface area contributed by atoms with E-state index >= 15 is 0 Å². The molecule has 0 amide bonds. The van der Waals surface area contributed by atoms with Crippen LogP contribution in [0, 0.1) is 5.41 Å². The summed E-state index contributed by atoms with van der Waals surface area (Å²) < 4.78 is 0. The van der Waals surface area contributed by atoms with Crippen LogP contribution in [0.5, 0.6) is 0 Å². The van der Waals surface area contributed by atoms with Crippen LogP contribution in [0.15, 0.2) is 60.7 Å². The highest BCUT2D eigenvalue weighted by Crippen LogP contribution is 2.39. The third-order valence-corrected chi connectivity index (χ3v) is 5.25. The molecule has 0 saturated carbocycles. The Balaban J connectivity index is 1.83. The third kappa shape index (κ3) is 3.37. The van der Waals surface area contributed by atoms with Crippen molar-refractivity contribution in [2.45, 2.75) is 33.1 Å². The molecule has 0 spiro atoms. The molecule has 2 aromatic carbocycles. The number of carbonyl (C=O) groups is 2. The number of H-pyrrole nitrogens is 1. The lowest BCUT2D eigenvalue weighted by Crippen LogP contribution is -2.27. The number of benzene rings is 2. The molecule has 1 heterocycles. The first-order valence-electron chi connectivity index (χ1n) is 9.35. The van der Waals surface area contributed by atoms with E-state index in [1.807, 2.05) is 60.7 Å². The van der Waals surface area contributed by atoms with Gasteiger partial charge in [-0.2, -0.15) is 0 Å². The molecular weight excluding hydrogens is 334 g/mol. The van der Waals surface area contributed by atoms with Crippen molar-refractivity contribution in [2.75, 3.05) is 0 Å². The smallest absolute Gasteiger partial charge is 0.167 e. The minimum absolute atomic E-state index is 0.0345. The number of carbonyl (C=O) groups excluding carboxylic acids is 2. The zero-order chi connectivity index (χ0) is 19.0. The van der Waals surface area contributed by atoms with Crippen molar-refractivity contribution in [1.29, 1.82) is 0 Å². The van der Waals surface area contributed by atoms with Gasteiger partial charge in [-0.25, -0.2) is 0 Å². The summed E-state index contributed by atoms with van der Waals surface area (Å²) in [6, 6.07) is 19.2. The second kappa shape index (κ2) is 6.66.